The number of aromatic nitrogens is 1. The fraction of sp³-hybridized carbons (Fsp3) is 0.360. The van der Waals surface area contributed by atoms with Gasteiger partial charge >= 0.3 is 0 Å². The van der Waals surface area contributed by atoms with Crippen molar-refractivity contribution in [2.45, 2.75) is 18.9 Å². The summed E-state index contributed by atoms with van der Waals surface area (Å²) in [7, 11) is 0. The molecule has 0 aliphatic carbocycles. The Labute approximate surface area is 193 Å². The van der Waals surface area contributed by atoms with E-state index < -0.39 is 0 Å². The number of carbonyl (C=O) groups is 1. The number of pyridine rings is 1. The Kier molecular flexibility index (Phi) is 6.14. The average molecular weight is 451 g/mol. The summed E-state index contributed by atoms with van der Waals surface area (Å²) in [5.41, 5.74) is 1.84. The van der Waals surface area contributed by atoms with Gasteiger partial charge in [0.1, 0.15) is 5.82 Å². The highest BCUT2D eigenvalue weighted by Crippen LogP contribution is 2.28. The van der Waals surface area contributed by atoms with Crippen LogP contribution in [0.2, 0.25) is 5.02 Å². The van der Waals surface area contributed by atoms with E-state index in [1.165, 1.54) is 5.69 Å². The first-order valence-corrected chi connectivity index (χ1v) is 11.6. The van der Waals surface area contributed by atoms with Gasteiger partial charge in [-0.15, -0.1) is 0 Å². The van der Waals surface area contributed by atoms with Gasteiger partial charge in [-0.3, -0.25) is 4.79 Å². The third-order valence-corrected chi connectivity index (χ3v) is 6.54. The van der Waals surface area contributed by atoms with E-state index in [0.29, 0.717) is 12.1 Å². The van der Waals surface area contributed by atoms with Crippen LogP contribution in [0.4, 0.5) is 11.5 Å². The quantitative estimate of drug-likeness (QED) is 0.633. The second-order valence-corrected chi connectivity index (χ2v) is 8.80. The molecule has 7 heteroatoms. The van der Waals surface area contributed by atoms with Gasteiger partial charge in [-0.2, -0.15) is 0 Å². The maximum atomic E-state index is 12.7. The zero-order valence-electron chi connectivity index (χ0n) is 18.0. The second-order valence-electron chi connectivity index (χ2n) is 8.37. The van der Waals surface area contributed by atoms with E-state index in [2.05, 4.69) is 32.2 Å². The van der Waals surface area contributed by atoms with Crippen LogP contribution >= 0.6 is 11.6 Å². The van der Waals surface area contributed by atoms with Crippen molar-refractivity contribution in [2.24, 2.45) is 0 Å². The molecule has 166 valence electrons. The van der Waals surface area contributed by atoms with Crippen molar-refractivity contribution >= 4 is 39.8 Å². The fourth-order valence-corrected chi connectivity index (χ4v) is 4.61. The molecule has 32 heavy (non-hydrogen) atoms. The third kappa shape index (κ3) is 4.52. The predicted octanol–water partition coefficient (Wildman–Crippen LogP) is 4.12. The number of ether oxygens (including phenoxy) is 1. The normalized spacial score (nSPS) is 18.8. The van der Waals surface area contributed by atoms with Gasteiger partial charge in [-0.1, -0.05) is 17.7 Å². The molecule has 0 bridgehead atoms. The smallest absolute Gasteiger partial charge is 0.251 e. The first kappa shape index (κ1) is 21.0. The topological polar surface area (TPSA) is 57.7 Å². The van der Waals surface area contributed by atoms with Gasteiger partial charge in [0.05, 0.1) is 6.10 Å². The zero-order chi connectivity index (χ0) is 21.9. The van der Waals surface area contributed by atoms with Crippen molar-refractivity contribution in [2.75, 3.05) is 49.1 Å². The monoisotopic (exact) mass is 450 g/mol. The van der Waals surface area contributed by atoms with E-state index >= 15 is 0 Å². The Hall–Kier alpha value is -2.83. The average Bonchev–Trinajstić information content (AvgIpc) is 3.36. The number of piperazine rings is 1. The molecule has 1 N–H and O–H groups in total. The highest BCUT2D eigenvalue weighted by molar-refractivity contribution is 6.30. The maximum Gasteiger partial charge on any atom is 0.251 e. The molecule has 0 spiro atoms. The van der Waals surface area contributed by atoms with Crippen LogP contribution in [0.15, 0.2) is 54.7 Å². The molecule has 0 saturated carbocycles. The van der Waals surface area contributed by atoms with Crippen LogP contribution < -0.4 is 15.1 Å². The summed E-state index contributed by atoms with van der Waals surface area (Å²) in [6.45, 7) is 4.89. The molecule has 2 saturated heterocycles. The summed E-state index contributed by atoms with van der Waals surface area (Å²) in [5.74, 6) is 0.872. The minimum absolute atomic E-state index is 0.0650. The van der Waals surface area contributed by atoms with Gasteiger partial charge in [0.15, 0.2) is 0 Å². The zero-order valence-corrected chi connectivity index (χ0v) is 18.7. The lowest BCUT2D eigenvalue weighted by molar-refractivity contribution is 0.0858. The Morgan fingerprint density at radius 3 is 2.59 bits per heavy atom. The van der Waals surface area contributed by atoms with Gasteiger partial charge in [0, 0.05) is 67.2 Å². The van der Waals surface area contributed by atoms with Gasteiger partial charge in [-0.25, -0.2) is 4.98 Å². The molecule has 0 radical (unpaired) electrons. The lowest BCUT2D eigenvalue weighted by Crippen LogP contribution is -2.46. The van der Waals surface area contributed by atoms with E-state index in [1.54, 1.807) is 0 Å². The van der Waals surface area contributed by atoms with Crippen LogP contribution in [-0.2, 0) is 4.74 Å². The summed E-state index contributed by atoms with van der Waals surface area (Å²) in [4.78, 5) is 22.1. The Morgan fingerprint density at radius 1 is 1.06 bits per heavy atom. The van der Waals surface area contributed by atoms with Gasteiger partial charge in [0.2, 0.25) is 0 Å². The summed E-state index contributed by atoms with van der Waals surface area (Å²) >= 11 is 6.03. The van der Waals surface area contributed by atoms with Gasteiger partial charge < -0.3 is 19.9 Å². The van der Waals surface area contributed by atoms with Crippen LogP contribution in [0.3, 0.4) is 0 Å². The van der Waals surface area contributed by atoms with Crippen molar-refractivity contribution in [1.29, 1.82) is 0 Å². The summed E-state index contributed by atoms with van der Waals surface area (Å²) in [6, 6.07) is 15.8. The standard InChI is InChI=1S/C25H27ClN4O2/c26-20-5-7-21(8-6-20)29-11-13-30(14-12-29)24-23-16-19(4-3-18(23)9-10-27-24)25(31)28-17-22-2-1-15-32-22/h3-10,16,22H,1-2,11-15,17H2,(H,28,31)/t22-/m0/s1. The number of rotatable bonds is 5. The molecule has 1 atom stereocenters. The van der Waals surface area contributed by atoms with Crippen LogP contribution in [0.1, 0.15) is 23.2 Å². The Balaban J connectivity index is 1.31. The highest BCUT2D eigenvalue weighted by atomic mass is 35.5. The van der Waals surface area contributed by atoms with Crippen LogP contribution in [-0.4, -0.2) is 56.3 Å². The molecule has 2 aromatic carbocycles. The van der Waals surface area contributed by atoms with Crippen molar-refractivity contribution in [3.05, 3.63) is 65.3 Å². The Bertz CT molecular complexity index is 1090. The molecule has 0 unspecified atom stereocenters. The number of carbonyl (C=O) groups excluding carboxylic acids is 1. The third-order valence-electron chi connectivity index (χ3n) is 6.29. The van der Waals surface area contributed by atoms with E-state index in [9.17, 15) is 4.79 Å². The van der Waals surface area contributed by atoms with Crippen molar-refractivity contribution in [3.8, 4) is 0 Å². The molecular formula is C25H27ClN4O2. The van der Waals surface area contributed by atoms with Gasteiger partial charge in [-0.05, 0) is 60.7 Å². The molecule has 5 rings (SSSR count). The number of hydrogen-bond donors (Lipinski definition) is 1. The second kappa shape index (κ2) is 9.35. The number of fused-ring (bicyclic) bond motifs is 1. The molecule has 1 amide bonds. The molecule has 2 fully saturated rings. The summed E-state index contributed by atoms with van der Waals surface area (Å²) in [5, 5.41) is 5.87. The highest BCUT2D eigenvalue weighted by Gasteiger charge is 2.21. The van der Waals surface area contributed by atoms with E-state index in [-0.39, 0.29) is 12.0 Å². The minimum atomic E-state index is -0.0650. The Morgan fingerprint density at radius 2 is 1.84 bits per heavy atom. The number of benzene rings is 2. The summed E-state index contributed by atoms with van der Waals surface area (Å²) < 4.78 is 5.61. The molecule has 6 nitrogen and oxygen atoms in total. The van der Waals surface area contributed by atoms with Gasteiger partial charge in [0.25, 0.3) is 5.91 Å². The number of halogens is 1. The fourth-order valence-electron chi connectivity index (χ4n) is 4.49. The number of nitrogens with zero attached hydrogens (tertiary/aromatic N) is 3. The van der Waals surface area contributed by atoms with E-state index in [1.807, 2.05) is 42.6 Å². The number of amides is 1. The molecule has 1 aromatic heterocycles. The van der Waals surface area contributed by atoms with Crippen molar-refractivity contribution < 1.29 is 9.53 Å². The molecular weight excluding hydrogens is 424 g/mol. The SMILES string of the molecule is O=C(NC[C@@H]1CCCO1)c1ccc2ccnc(N3CCN(c4ccc(Cl)cc4)CC3)c2c1. The molecule has 2 aliphatic rings. The lowest BCUT2D eigenvalue weighted by atomic mass is 10.1. The van der Waals surface area contributed by atoms with Crippen LogP contribution in [0.5, 0.6) is 0 Å². The molecule has 2 aliphatic heterocycles. The first-order valence-electron chi connectivity index (χ1n) is 11.2. The van der Waals surface area contributed by atoms with Crippen LogP contribution in [0, 0.1) is 0 Å². The number of hydrogen-bond acceptors (Lipinski definition) is 5. The van der Waals surface area contributed by atoms with Crippen LogP contribution in [0.25, 0.3) is 10.8 Å². The predicted molar refractivity (Wildman–Crippen MR) is 129 cm³/mol. The lowest BCUT2D eigenvalue weighted by Gasteiger charge is -2.37. The first-order chi connectivity index (χ1) is 15.7. The maximum absolute atomic E-state index is 12.7. The van der Waals surface area contributed by atoms with E-state index in [0.717, 1.165) is 67.2 Å². The number of anilines is 2. The molecule has 3 aromatic rings. The van der Waals surface area contributed by atoms with E-state index in [4.69, 9.17) is 16.3 Å². The minimum Gasteiger partial charge on any atom is -0.376 e. The summed E-state index contributed by atoms with van der Waals surface area (Å²) in [6.07, 6.45) is 4.05. The van der Waals surface area contributed by atoms with Crippen molar-refractivity contribution in [1.82, 2.24) is 10.3 Å². The number of nitrogens with one attached hydrogen (secondary N) is 1. The van der Waals surface area contributed by atoms with Crippen molar-refractivity contribution in [3.63, 3.8) is 0 Å². The molecule has 3 heterocycles. The largest absolute Gasteiger partial charge is 0.376 e.